The molecular formula is C21H30N2O3S. The molecule has 0 unspecified atom stereocenters. The van der Waals surface area contributed by atoms with Gasteiger partial charge in [-0.25, -0.2) is 13.4 Å². The van der Waals surface area contributed by atoms with Gasteiger partial charge in [0.15, 0.2) is 0 Å². The second-order valence-electron chi connectivity index (χ2n) is 8.51. The van der Waals surface area contributed by atoms with E-state index in [9.17, 15) is 8.42 Å². The van der Waals surface area contributed by atoms with Crippen LogP contribution in [0.4, 0.5) is 0 Å². The minimum atomic E-state index is -3.51. The topological polar surface area (TPSA) is 59.0 Å². The fraction of sp³-hybridized carbons (Fsp3) is 0.571. The average Bonchev–Trinajstić information content (AvgIpc) is 3.10. The summed E-state index contributed by atoms with van der Waals surface area (Å²) in [7, 11) is -3.51. The predicted molar refractivity (Wildman–Crippen MR) is 108 cm³/mol. The van der Waals surface area contributed by atoms with Crippen LogP contribution in [-0.2, 0) is 14.8 Å². The van der Waals surface area contributed by atoms with Gasteiger partial charge in [-0.2, -0.15) is 4.31 Å². The minimum Gasteiger partial charge on any atom is -0.476 e. The summed E-state index contributed by atoms with van der Waals surface area (Å²) in [4.78, 5) is 5.00. The Balaban J connectivity index is 1.79. The summed E-state index contributed by atoms with van der Waals surface area (Å²) >= 11 is 0. The van der Waals surface area contributed by atoms with Crippen LogP contribution in [-0.4, -0.2) is 43.9 Å². The SMILES string of the molecule is Cc1ccc(S(=O)(=O)N2CCCC[C@@H]2/C=C/C2=N[C@@H](C(C)(C)C)CO2)cc1. The Morgan fingerprint density at radius 1 is 1.19 bits per heavy atom. The number of benzene rings is 1. The van der Waals surface area contributed by atoms with E-state index in [0.29, 0.717) is 23.9 Å². The van der Waals surface area contributed by atoms with Crippen molar-refractivity contribution in [3.05, 3.63) is 42.0 Å². The molecule has 0 spiro atoms. The molecule has 2 aliphatic rings. The number of ether oxygens (including phenoxy) is 1. The van der Waals surface area contributed by atoms with E-state index in [1.54, 1.807) is 16.4 Å². The zero-order chi connectivity index (χ0) is 19.7. The number of rotatable bonds is 4. The van der Waals surface area contributed by atoms with Crippen LogP contribution in [0.25, 0.3) is 0 Å². The lowest BCUT2D eigenvalue weighted by atomic mass is 9.88. The van der Waals surface area contributed by atoms with Gasteiger partial charge in [0.2, 0.25) is 15.9 Å². The highest BCUT2D eigenvalue weighted by molar-refractivity contribution is 7.89. The Morgan fingerprint density at radius 3 is 2.52 bits per heavy atom. The molecular weight excluding hydrogens is 360 g/mol. The van der Waals surface area contributed by atoms with Gasteiger partial charge in [0.05, 0.1) is 10.9 Å². The van der Waals surface area contributed by atoms with Crippen molar-refractivity contribution in [1.29, 1.82) is 0 Å². The molecule has 1 aromatic carbocycles. The third kappa shape index (κ3) is 4.61. The van der Waals surface area contributed by atoms with Crippen LogP contribution in [0.15, 0.2) is 46.3 Å². The van der Waals surface area contributed by atoms with Crippen LogP contribution >= 0.6 is 0 Å². The monoisotopic (exact) mass is 390 g/mol. The number of sulfonamides is 1. The first-order valence-corrected chi connectivity index (χ1v) is 11.1. The maximum atomic E-state index is 13.1. The van der Waals surface area contributed by atoms with Gasteiger partial charge in [0, 0.05) is 12.6 Å². The van der Waals surface area contributed by atoms with Crippen molar-refractivity contribution in [1.82, 2.24) is 4.31 Å². The molecule has 0 radical (unpaired) electrons. The lowest BCUT2D eigenvalue weighted by molar-refractivity contribution is 0.236. The summed E-state index contributed by atoms with van der Waals surface area (Å²) in [6.07, 6.45) is 6.51. The van der Waals surface area contributed by atoms with Crippen LogP contribution in [0.1, 0.15) is 45.6 Å². The van der Waals surface area contributed by atoms with Crippen molar-refractivity contribution in [2.24, 2.45) is 10.4 Å². The number of nitrogens with zero attached hydrogens (tertiary/aromatic N) is 2. The molecule has 0 saturated carbocycles. The molecule has 0 bridgehead atoms. The smallest absolute Gasteiger partial charge is 0.243 e. The first kappa shape index (κ1) is 20.1. The summed E-state index contributed by atoms with van der Waals surface area (Å²) in [6, 6.07) is 7.04. The minimum absolute atomic E-state index is 0.0568. The van der Waals surface area contributed by atoms with Gasteiger partial charge >= 0.3 is 0 Å². The third-order valence-electron chi connectivity index (χ3n) is 5.26. The van der Waals surface area contributed by atoms with E-state index in [0.717, 1.165) is 24.8 Å². The maximum absolute atomic E-state index is 13.1. The number of hydrogen-bond donors (Lipinski definition) is 0. The van der Waals surface area contributed by atoms with Gasteiger partial charge in [0.1, 0.15) is 6.61 Å². The normalized spacial score (nSPS) is 24.8. The fourth-order valence-corrected chi connectivity index (χ4v) is 5.04. The molecule has 0 aromatic heterocycles. The van der Waals surface area contributed by atoms with Gasteiger partial charge in [-0.05, 0) is 43.4 Å². The molecule has 6 heteroatoms. The van der Waals surface area contributed by atoms with E-state index >= 15 is 0 Å². The Kier molecular flexibility index (Phi) is 5.77. The maximum Gasteiger partial charge on any atom is 0.243 e. The van der Waals surface area contributed by atoms with Crippen molar-refractivity contribution in [3.8, 4) is 0 Å². The average molecular weight is 391 g/mol. The summed E-state index contributed by atoms with van der Waals surface area (Å²) in [5.74, 6) is 0.605. The van der Waals surface area contributed by atoms with Crippen molar-refractivity contribution in [2.75, 3.05) is 13.2 Å². The highest BCUT2D eigenvalue weighted by Crippen LogP contribution is 2.28. The molecule has 1 fully saturated rings. The van der Waals surface area contributed by atoms with E-state index in [-0.39, 0.29) is 17.5 Å². The van der Waals surface area contributed by atoms with E-state index < -0.39 is 10.0 Å². The summed E-state index contributed by atoms with van der Waals surface area (Å²) in [5, 5.41) is 0. The third-order valence-corrected chi connectivity index (χ3v) is 7.20. The van der Waals surface area contributed by atoms with Crippen LogP contribution in [0.3, 0.4) is 0 Å². The van der Waals surface area contributed by atoms with Crippen LogP contribution in [0.2, 0.25) is 0 Å². The Bertz CT molecular complexity index is 820. The fourth-order valence-electron chi connectivity index (χ4n) is 3.39. The molecule has 2 atom stereocenters. The first-order valence-electron chi connectivity index (χ1n) is 9.65. The number of aliphatic imine (C=N–C) groups is 1. The van der Waals surface area contributed by atoms with Gasteiger partial charge in [-0.15, -0.1) is 0 Å². The highest BCUT2D eigenvalue weighted by atomic mass is 32.2. The van der Waals surface area contributed by atoms with E-state index in [1.807, 2.05) is 31.2 Å². The highest BCUT2D eigenvalue weighted by Gasteiger charge is 2.33. The van der Waals surface area contributed by atoms with Gasteiger partial charge in [-0.3, -0.25) is 0 Å². The molecule has 2 heterocycles. The summed E-state index contributed by atoms with van der Waals surface area (Å²) in [6.45, 7) is 9.52. The van der Waals surface area contributed by atoms with E-state index in [2.05, 4.69) is 25.8 Å². The lowest BCUT2D eigenvalue weighted by Gasteiger charge is -2.33. The van der Waals surface area contributed by atoms with Crippen LogP contribution in [0.5, 0.6) is 0 Å². The Hall–Kier alpha value is -1.66. The van der Waals surface area contributed by atoms with Gasteiger partial charge in [-0.1, -0.05) is 51.0 Å². The Labute approximate surface area is 163 Å². The number of hydrogen-bond acceptors (Lipinski definition) is 4. The predicted octanol–water partition coefficient (Wildman–Crippen LogP) is 3.94. The second kappa shape index (κ2) is 7.76. The number of aryl methyl sites for hydroxylation is 1. The summed E-state index contributed by atoms with van der Waals surface area (Å²) < 4.78 is 33.6. The van der Waals surface area contributed by atoms with E-state index in [4.69, 9.17) is 4.74 Å². The molecule has 1 saturated heterocycles. The van der Waals surface area contributed by atoms with Crippen molar-refractivity contribution in [2.45, 2.75) is 63.9 Å². The molecule has 148 valence electrons. The van der Waals surface area contributed by atoms with E-state index in [1.165, 1.54) is 0 Å². The molecule has 2 aliphatic heterocycles. The molecule has 0 aliphatic carbocycles. The second-order valence-corrected chi connectivity index (χ2v) is 10.4. The molecule has 3 rings (SSSR count). The standard InChI is InChI=1S/C21H30N2O3S/c1-16-8-11-18(12-9-16)27(24,25)23-14-6-5-7-17(23)10-13-20-22-19(15-26-20)21(2,3)4/h8-13,17,19H,5-7,14-15H2,1-4H3/b13-10+/t17-,19-/m1/s1. The van der Waals surface area contributed by atoms with Crippen LogP contribution < -0.4 is 0 Å². The van der Waals surface area contributed by atoms with Crippen molar-refractivity contribution >= 4 is 15.9 Å². The van der Waals surface area contributed by atoms with Crippen LogP contribution in [0, 0.1) is 12.3 Å². The van der Waals surface area contributed by atoms with Crippen molar-refractivity contribution in [3.63, 3.8) is 0 Å². The molecule has 0 amide bonds. The zero-order valence-electron chi connectivity index (χ0n) is 16.7. The molecule has 5 nitrogen and oxygen atoms in total. The molecule has 27 heavy (non-hydrogen) atoms. The molecule has 0 N–H and O–H groups in total. The number of piperidine rings is 1. The Morgan fingerprint density at radius 2 is 1.89 bits per heavy atom. The molecule has 1 aromatic rings. The lowest BCUT2D eigenvalue weighted by Crippen LogP contribution is -2.42. The van der Waals surface area contributed by atoms with Gasteiger partial charge in [0.25, 0.3) is 0 Å². The van der Waals surface area contributed by atoms with Gasteiger partial charge < -0.3 is 4.74 Å². The zero-order valence-corrected chi connectivity index (χ0v) is 17.5. The largest absolute Gasteiger partial charge is 0.476 e. The first-order chi connectivity index (χ1) is 12.7. The van der Waals surface area contributed by atoms with Crippen molar-refractivity contribution < 1.29 is 13.2 Å². The quantitative estimate of drug-likeness (QED) is 0.782. The summed E-state index contributed by atoms with van der Waals surface area (Å²) in [5.41, 5.74) is 1.11.